The first-order chi connectivity index (χ1) is 15.8. The predicted molar refractivity (Wildman–Crippen MR) is 130 cm³/mol. The minimum atomic E-state index is -3.89. The van der Waals surface area contributed by atoms with Crippen LogP contribution < -0.4 is 14.8 Å². The molecule has 0 spiro atoms. The zero-order valence-corrected chi connectivity index (χ0v) is 19.6. The van der Waals surface area contributed by atoms with E-state index in [4.69, 9.17) is 4.74 Å². The summed E-state index contributed by atoms with van der Waals surface area (Å²) in [5.41, 5.74) is 4.13. The molecule has 0 aromatic heterocycles. The van der Waals surface area contributed by atoms with E-state index in [1.54, 1.807) is 24.3 Å². The summed E-state index contributed by atoms with van der Waals surface area (Å²) in [7, 11) is -3.89. The highest BCUT2D eigenvalue weighted by Crippen LogP contribution is 2.33. The Labute approximate surface area is 195 Å². The van der Waals surface area contributed by atoms with E-state index >= 15 is 0 Å². The molecule has 33 heavy (non-hydrogen) atoms. The summed E-state index contributed by atoms with van der Waals surface area (Å²) in [6.07, 6.45) is 2.27. The number of benzene rings is 3. The number of sulfonamides is 1. The molecule has 1 aliphatic rings. The maximum absolute atomic E-state index is 13.3. The maximum atomic E-state index is 13.3. The number of amides is 1. The summed E-state index contributed by atoms with van der Waals surface area (Å²) in [6, 6.07) is 20.1. The van der Waals surface area contributed by atoms with Crippen LogP contribution in [0.5, 0.6) is 5.75 Å². The minimum absolute atomic E-state index is 0.0175. The fourth-order valence-electron chi connectivity index (χ4n) is 4.01. The summed E-state index contributed by atoms with van der Waals surface area (Å²) < 4.78 is 35.1. The van der Waals surface area contributed by atoms with Gasteiger partial charge in [-0.15, -0.1) is 0 Å². The van der Waals surface area contributed by atoms with Crippen molar-refractivity contribution in [3.8, 4) is 5.75 Å². The van der Waals surface area contributed by atoms with E-state index in [0.29, 0.717) is 37.1 Å². The van der Waals surface area contributed by atoms with E-state index < -0.39 is 10.0 Å². The minimum Gasteiger partial charge on any atom is -0.490 e. The average molecular weight is 465 g/mol. The number of ether oxygens (including phenoxy) is 1. The first-order valence-electron chi connectivity index (χ1n) is 11.1. The number of nitrogens with one attached hydrogen (secondary N) is 2. The average Bonchev–Trinajstić information content (AvgIpc) is 2.95. The zero-order chi connectivity index (χ0) is 23.4. The Morgan fingerprint density at radius 2 is 1.73 bits per heavy atom. The highest BCUT2D eigenvalue weighted by Gasteiger charge is 2.23. The third-order valence-corrected chi connectivity index (χ3v) is 6.83. The molecule has 3 aromatic carbocycles. The highest BCUT2D eigenvalue weighted by atomic mass is 32.2. The summed E-state index contributed by atoms with van der Waals surface area (Å²) in [4.78, 5) is 12.3. The number of fused-ring (bicyclic) bond motifs is 1. The predicted octanol–water partition coefficient (Wildman–Crippen LogP) is 5.14. The lowest BCUT2D eigenvalue weighted by molar-refractivity contribution is -0.116. The van der Waals surface area contributed by atoms with Crippen LogP contribution in [0.4, 0.5) is 11.4 Å². The van der Waals surface area contributed by atoms with Crippen molar-refractivity contribution >= 4 is 27.3 Å². The second kappa shape index (κ2) is 9.67. The van der Waals surface area contributed by atoms with Gasteiger partial charge < -0.3 is 10.1 Å². The van der Waals surface area contributed by atoms with Crippen molar-refractivity contribution in [3.63, 3.8) is 0 Å². The van der Waals surface area contributed by atoms with Crippen molar-refractivity contribution in [2.75, 3.05) is 10.0 Å². The molecule has 6 nitrogen and oxygen atoms in total. The van der Waals surface area contributed by atoms with Gasteiger partial charge in [0.25, 0.3) is 10.0 Å². The number of carbonyl (C=O) groups excluding carboxylic acids is 1. The van der Waals surface area contributed by atoms with Gasteiger partial charge in [0.15, 0.2) is 0 Å². The lowest BCUT2D eigenvalue weighted by atomic mass is 9.97. The first kappa shape index (κ1) is 22.9. The van der Waals surface area contributed by atoms with Gasteiger partial charge in [-0.1, -0.05) is 42.5 Å². The Morgan fingerprint density at radius 1 is 1.00 bits per heavy atom. The summed E-state index contributed by atoms with van der Waals surface area (Å²) >= 11 is 0. The highest BCUT2D eigenvalue weighted by molar-refractivity contribution is 7.92. The fraction of sp³-hybridized carbons (Fsp3) is 0.269. The first-order valence-corrected chi connectivity index (χ1v) is 12.6. The lowest BCUT2D eigenvalue weighted by Gasteiger charge is -2.18. The zero-order valence-electron chi connectivity index (χ0n) is 18.8. The number of rotatable bonds is 7. The van der Waals surface area contributed by atoms with Crippen LogP contribution in [0.25, 0.3) is 0 Å². The van der Waals surface area contributed by atoms with E-state index in [0.717, 1.165) is 22.4 Å². The molecule has 0 saturated carbocycles. The molecule has 1 amide bonds. The number of hydrogen-bond donors (Lipinski definition) is 2. The summed E-state index contributed by atoms with van der Waals surface area (Å²) in [6.45, 7) is 3.71. The van der Waals surface area contributed by atoms with Gasteiger partial charge in [0.2, 0.25) is 5.91 Å². The molecular formula is C26H28N2O4S. The largest absolute Gasteiger partial charge is 0.490 e. The topological polar surface area (TPSA) is 84.5 Å². The van der Waals surface area contributed by atoms with E-state index in [1.807, 2.05) is 50.2 Å². The van der Waals surface area contributed by atoms with Crippen molar-refractivity contribution in [2.24, 2.45) is 0 Å². The van der Waals surface area contributed by atoms with Gasteiger partial charge in [0.05, 0.1) is 6.10 Å². The smallest absolute Gasteiger partial charge is 0.265 e. The van der Waals surface area contributed by atoms with Crippen molar-refractivity contribution < 1.29 is 17.9 Å². The lowest BCUT2D eigenvalue weighted by Crippen LogP contribution is -2.17. The number of para-hydroxylation sites is 1. The second-order valence-corrected chi connectivity index (χ2v) is 10.1. The maximum Gasteiger partial charge on any atom is 0.265 e. The van der Waals surface area contributed by atoms with Crippen molar-refractivity contribution in [3.05, 3.63) is 83.4 Å². The van der Waals surface area contributed by atoms with E-state index in [1.165, 1.54) is 6.07 Å². The molecular weight excluding hydrogens is 436 g/mol. The van der Waals surface area contributed by atoms with Crippen molar-refractivity contribution in [1.29, 1.82) is 0 Å². The monoisotopic (exact) mass is 464 g/mol. The van der Waals surface area contributed by atoms with Crippen molar-refractivity contribution in [1.82, 2.24) is 0 Å². The molecule has 0 bridgehead atoms. The number of carbonyl (C=O) groups is 1. The fourth-order valence-corrected chi connectivity index (χ4v) is 5.19. The molecule has 0 fully saturated rings. The molecule has 1 heterocycles. The summed E-state index contributed by atoms with van der Waals surface area (Å²) in [5, 5.41) is 3.03. The quantitative estimate of drug-likeness (QED) is 0.507. The molecule has 172 valence electrons. The van der Waals surface area contributed by atoms with Crippen LogP contribution in [0.1, 0.15) is 43.4 Å². The Hall–Kier alpha value is -3.32. The van der Waals surface area contributed by atoms with Gasteiger partial charge in [-0.25, -0.2) is 8.42 Å². The van der Waals surface area contributed by atoms with E-state index in [-0.39, 0.29) is 16.9 Å². The standard InChI is InChI=1S/C26H28N2O4S/c1-18(2)32-23-12-6-7-13-24(23)33(30,31)28-22-16-20-11-8-14-25(29)27-26(20)21(17-22)15-19-9-4-3-5-10-19/h3-7,9-10,12-13,16-18,28H,8,11,14-15H2,1-2H3,(H,27,29). The molecule has 0 saturated heterocycles. The second-order valence-electron chi connectivity index (χ2n) is 8.45. The molecule has 1 aliphatic heterocycles. The van der Waals surface area contributed by atoms with Crippen LogP contribution in [0, 0.1) is 0 Å². The Morgan fingerprint density at radius 3 is 2.48 bits per heavy atom. The molecule has 2 N–H and O–H groups in total. The number of aryl methyl sites for hydroxylation is 1. The Balaban J connectivity index is 1.73. The van der Waals surface area contributed by atoms with Gasteiger partial charge in [-0.3, -0.25) is 9.52 Å². The van der Waals surface area contributed by atoms with Gasteiger partial charge in [0.1, 0.15) is 10.6 Å². The van der Waals surface area contributed by atoms with Crippen LogP contribution in [0.2, 0.25) is 0 Å². The number of hydrogen-bond acceptors (Lipinski definition) is 4. The third kappa shape index (κ3) is 5.54. The van der Waals surface area contributed by atoms with Crippen LogP contribution in [-0.2, 0) is 27.7 Å². The van der Waals surface area contributed by atoms with Gasteiger partial charge in [-0.05, 0) is 74.1 Å². The Bertz CT molecular complexity index is 1250. The van der Waals surface area contributed by atoms with Crippen LogP contribution in [0.15, 0.2) is 71.6 Å². The van der Waals surface area contributed by atoms with Crippen molar-refractivity contribution in [2.45, 2.75) is 50.5 Å². The van der Waals surface area contributed by atoms with Crippen LogP contribution in [0.3, 0.4) is 0 Å². The normalized spacial score (nSPS) is 13.7. The molecule has 0 atom stereocenters. The molecule has 3 aromatic rings. The third-order valence-electron chi connectivity index (χ3n) is 5.41. The number of anilines is 2. The molecule has 0 unspecified atom stereocenters. The molecule has 7 heteroatoms. The summed E-state index contributed by atoms with van der Waals surface area (Å²) in [5.74, 6) is 0.294. The van der Waals surface area contributed by atoms with Crippen LogP contribution in [-0.4, -0.2) is 20.4 Å². The van der Waals surface area contributed by atoms with Gasteiger partial charge in [-0.2, -0.15) is 0 Å². The van der Waals surface area contributed by atoms with E-state index in [2.05, 4.69) is 10.0 Å². The van der Waals surface area contributed by atoms with Gasteiger partial charge >= 0.3 is 0 Å². The molecule has 4 rings (SSSR count). The van der Waals surface area contributed by atoms with Gasteiger partial charge in [0, 0.05) is 17.8 Å². The molecule has 0 radical (unpaired) electrons. The van der Waals surface area contributed by atoms with Crippen LogP contribution >= 0.6 is 0 Å². The SMILES string of the molecule is CC(C)Oc1ccccc1S(=O)(=O)Nc1cc2c(c(Cc3ccccc3)c1)NC(=O)CCC2. The Kier molecular flexibility index (Phi) is 6.70. The van der Waals surface area contributed by atoms with E-state index in [9.17, 15) is 13.2 Å². The molecule has 0 aliphatic carbocycles.